The number of ketones is 1. The molecule has 0 bridgehead atoms. The Balaban J connectivity index is 2.48. The maximum atomic E-state index is 11.8. The van der Waals surface area contributed by atoms with Crippen molar-refractivity contribution < 1.29 is 4.79 Å². The van der Waals surface area contributed by atoms with Gasteiger partial charge in [0.1, 0.15) is 0 Å². The van der Waals surface area contributed by atoms with E-state index in [2.05, 4.69) is 12.2 Å². The highest BCUT2D eigenvalue weighted by Gasteiger charge is 2.14. The van der Waals surface area contributed by atoms with Gasteiger partial charge in [-0.25, -0.2) is 0 Å². The molecule has 16 heavy (non-hydrogen) atoms. The van der Waals surface area contributed by atoms with Crippen LogP contribution in [0.2, 0.25) is 5.02 Å². The highest BCUT2D eigenvalue weighted by molar-refractivity contribution is 6.31. The zero-order valence-electron chi connectivity index (χ0n) is 9.16. The average molecular weight is 233 g/mol. The third-order valence-corrected chi connectivity index (χ3v) is 2.96. The van der Waals surface area contributed by atoms with Crippen molar-refractivity contribution in [3.8, 4) is 0 Å². The summed E-state index contributed by atoms with van der Waals surface area (Å²) in [5.41, 5.74) is 2.94. The van der Waals surface area contributed by atoms with Crippen LogP contribution in [0.1, 0.15) is 35.7 Å². The van der Waals surface area contributed by atoms with Crippen molar-refractivity contribution in [3.05, 3.63) is 52.6 Å². The zero-order chi connectivity index (χ0) is 11.5. The summed E-state index contributed by atoms with van der Waals surface area (Å²) in [6, 6.07) is 5.54. The Kier molecular flexibility index (Phi) is 3.25. The summed E-state index contributed by atoms with van der Waals surface area (Å²) in [5.74, 6) is 0.144. The number of carbonyl (C=O) groups is 1. The molecule has 0 spiro atoms. The third kappa shape index (κ3) is 2.10. The standard InChI is InChI=1S/C14H13ClO/c1-2-14(16)13-9-11(15)7-8-12(13)10-5-3-4-6-10/h3-5,7-9H,2,6H2,1H3. The van der Waals surface area contributed by atoms with Gasteiger partial charge in [-0.15, -0.1) is 0 Å². The van der Waals surface area contributed by atoms with Gasteiger partial charge in [0.05, 0.1) is 0 Å². The Morgan fingerprint density at radius 1 is 1.44 bits per heavy atom. The predicted octanol–water partition coefficient (Wildman–Crippen LogP) is 4.28. The molecule has 0 atom stereocenters. The summed E-state index contributed by atoms with van der Waals surface area (Å²) < 4.78 is 0. The molecule has 0 N–H and O–H groups in total. The molecule has 0 aromatic heterocycles. The Morgan fingerprint density at radius 2 is 2.25 bits per heavy atom. The summed E-state index contributed by atoms with van der Waals surface area (Å²) in [6.45, 7) is 1.87. The lowest BCUT2D eigenvalue weighted by Crippen LogP contribution is -2.01. The summed E-state index contributed by atoms with van der Waals surface area (Å²) >= 11 is 5.94. The molecule has 0 aliphatic heterocycles. The van der Waals surface area contributed by atoms with Gasteiger partial charge >= 0.3 is 0 Å². The van der Waals surface area contributed by atoms with Crippen molar-refractivity contribution >= 4 is 23.0 Å². The lowest BCUT2D eigenvalue weighted by atomic mass is 9.95. The largest absolute Gasteiger partial charge is 0.294 e. The fourth-order valence-electron chi connectivity index (χ4n) is 1.86. The number of halogens is 1. The molecule has 0 saturated carbocycles. The van der Waals surface area contributed by atoms with Crippen LogP contribution in [0.15, 0.2) is 36.4 Å². The van der Waals surface area contributed by atoms with Crippen LogP contribution >= 0.6 is 11.6 Å². The molecule has 2 rings (SSSR count). The average Bonchev–Trinajstić information content (AvgIpc) is 2.81. The van der Waals surface area contributed by atoms with E-state index in [1.165, 1.54) is 5.57 Å². The van der Waals surface area contributed by atoms with E-state index in [4.69, 9.17) is 11.6 Å². The molecule has 1 aromatic rings. The SMILES string of the molecule is CCC(=O)c1cc(Cl)ccc1C1=CC=CC1. The number of hydrogen-bond acceptors (Lipinski definition) is 1. The van der Waals surface area contributed by atoms with E-state index in [0.717, 1.165) is 17.5 Å². The molecule has 1 nitrogen and oxygen atoms in total. The molecule has 1 aromatic carbocycles. The minimum atomic E-state index is 0.144. The second-order valence-corrected chi connectivity index (χ2v) is 4.23. The van der Waals surface area contributed by atoms with Gasteiger partial charge in [0.25, 0.3) is 0 Å². The number of rotatable bonds is 3. The summed E-state index contributed by atoms with van der Waals surface area (Å²) in [6.07, 6.45) is 7.56. The predicted molar refractivity (Wildman–Crippen MR) is 67.8 cm³/mol. The lowest BCUT2D eigenvalue weighted by molar-refractivity contribution is 0.0988. The van der Waals surface area contributed by atoms with Gasteiger partial charge in [-0.3, -0.25) is 4.79 Å². The van der Waals surface area contributed by atoms with Crippen molar-refractivity contribution in [1.29, 1.82) is 0 Å². The molecule has 0 heterocycles. The van der Waals surface area contributed by atoms with E-state index in [0.29, 0.717) is 11.4 Å². The summed E-state index contributed by atoms with van der Waals surface area (Å²) in [7, 11) is 0. The quantitative estimate of drug-likeness (QED) is 0.711. The van der Waals surface area contributed by atoms with Gasteiger partial charge < -0.3 is 0 Å². The molecule has 0 radical (unpaired) electrons. The molecular weight excluding hydrogens is 220 g/mol. The van der Waals surface area contributed by atoms with Crippen molar-refractivity contribution in [1.82, 2.24) is 0 Å². The number of allylic oxidation sites excluding steroid dienone is 4. The Hall–Kier alpha value is -1.34. The fourth-order valence-corrected chi connectivity index (χ4v) is 2.04. The molecule has 1 aliphatic carbocycles. The maximum Gasteiger partial charge on any atom is 0.163 e. The van der Waals surface area contributed by atoms with Crippen LogP contribution in [-0.4, -0.2) is 5.78 Å². The zero-order valence-corrected chi connectivity index (χ0v) is 9.92. The first kappa shape index (κ1) is 11.2. The Labute approximate surface area is 100 Å². The van der Waals surface area contributed by atoms with Gasteiger partial charge in [-0.1, -0.05) is 42.8 Å². The topological polar surface area (TPSA) is 17.1 Å². The molecule has 1 aliphatic rings. The normalized spacial score (nSPS) is 14.0. The highest BCUT2D eigenvalue weighted by Crippen LogP contribution is 2.28. The van der Waals surface area contributed by atoms with E-state index in [1.54, 1.807) is 6.07 Å². The lowest BCUT2D eigenvalue weighted by Gasteiger charge is -2.09. The number of carbonyl (C=O) groups excluding carboxylic acids is 1. The maximum absolute atomic E-state index is 11.8. The Bertz CT molecular complexity index is 484. The number of benzene rings is 1. The second kappa shape index (κ2) is 4.67. The molecule has 82 valence electrons. The van der Waals surface area contributed by atoms with Crippen LogP contribution in [0.3, 0.4) is 0 Å². The van der Waals surface area contributed by atoms with Gasteiger partial charge in [-0.05, 0) is 29.7 Å². The molecule has 0 amide bonds. The number of Topliss-reactive ketones (excluding diaryl/α,β-unsaturated/α-hetero) is 1. The van der Waals surface area contributed by atoms with Crippen LogP contribution in [0.4, 0.5) is 0 Å². The van der Waals surface area contributed by atoms with Crippen LogP contribution in [0.5, 0.6) is 0 Å². The van der Waals surface area contributed by atoms with Crippen molar-refractivity contribution in [2.24, 2.45) is 0 Å². The van der Waals surface area contributed by atoms with E-state index in [1.807, 2.05) is 25.1 Å². The first-order valence-corrected chi connectivity index (χ1v) is 5.79. The molecule has 0 unspecified atom stereocenters. The van der Waals surface area contributed by atoms with Crippen LogP contribution in [0, 0.1) is 0 Å². The minimum Gasteiger partial charge on any atom is -0.294 e. The summed E-state index contributed by atoms with van der Waals surface area (Å²) in [4.78, 5) is 11.8. The molecule has 2 heteroatoms. The second-order valence-electron chi connectivity index (χ2n) is 3.79. The monoisotopic (exact) mass is 232 g/mol. The summed E-state index contributed by atoms with van der Waals surface area (Å²) in [5, 5.41) is 0.618. The van der Waals surface area contributed by atoms with Gasteiger partial charge in [0.15, 0.2) is 5.78 Å². The smallest absolute Gasteiger partial charge is 0.163 e. The minimum absolute atomic E-state index is 0.144. The van der Waals surface area contributed by atoms with Crippen molar-refractivity contribution in [3.63, 3.8) is 0 Å². The van der Waals surface area contributed by atoms with Gasteiger partial charge in [0.2, 0.25) is 0 Å². The van der Waals surface area contributed by atoms with Gasteiger partial charge in [0, 0.05) is 17.0 Å². The molecular formula is C14H13ClO. The molecule has 0 saturated heterocycles. The first-order valence-electron chi connectivity index (χ1n) is 5.41. The van der Waals surface area contributed by atoms with E-state index >= 15 is 0 Å². The fraction of sp³-hybridized carbons (Fsp3) is 0.214. The highest BCUT2D eigenvalue weighted by atomic mass is 35.5. The van der Waals surface area contributed by atoms with E-state index < -0.39 is 0 Å². The van der Waals surface area contributed by atoms with E-state index in [9.17, 15) is 4.79 Å². The third-order valence-electron chi connectivity index (χ3n) is 2.72. The van der Waals surface area contributed by atoms with Crippen LogP contribution in [-0.2, 0) is 0 Å². The van der Waals surface area contributed by atoms with Gasteiger partial charge in [-0.2, -0.15) is 0 Å². The Morgan fingerprint density at radius 3 is 2.88 bits per heavy atom. The van der Waals surface area contributed by atoms with Crippen LogP contribution in [0.25, 0.3) is 5.57 Å². The number of hydrogen-bond donors (Lipinski definition) is 0. The van der Waals surface area contributed by atoms with E-state index in [-0.39, 0.29) is 5.78 Å². The van der Waals surface area contributed by atoms with Crippen molar-refractivity contribution in [2.45, 2.75) is 19.8 Å². The molecule has 0 fully saturated rings. The van der Waals surface area contributed by atoms with Crippen molar-refractivity contribution in [2.75, 3.05) is 0 Å². The first-order chi connectivity index (χ1) is 7.72. The van der Waals surface area contributed by atoms with Crippen LogP contribution < -0.4 is 0 Å².